The van der Waals surface area contributed by atoms with E-state index in [4.69, 9.17) is 9.98 Å². The molecule has 1 heterocycles. The second-order valence-corrected chi connectivity index (χ2v) is 6.99. The number of aliphatic imine (C=N–C) groups is 1. The van der Waals surface area contributed by atoms with Crippen molar-refractivity contribution in [2.24, 2.45) is 4.99 Å². The van der Waals surface area contributed by atoms with Crippen LogP contribution in [0.5, 0.6) is 0 Å². The number of hydrogen-bond donors (Lipinski definition) is 1. The van der Waals surface area contributed by atoms with Crippen LogP contribution in [0.15, 0.2) is 77.8 Å². The Morgan fingerprint density at radius 1 is 0.821 bits per heavy atom. The number of hydrogen-bond acceptors (Lipinski definition) is 2. The quantitative estimate of drug-likeness (QED) is 0.388. The number of rotatable bonds is 6. The van der Waals surface area contributed by atoms with Gasteiger partial charge in [-0.25, -0.2) is 4.98 Å². The molecule has 1 N–H and O–H groups in total. The van der Waals surface area contributed by atoms with Crippen LogP contribution < -0.4 is 0 Å². The number of fused-ring (bicyclic) bond motifs is 1. The maximum atomic E-state index is 4.91. The van der Waals surface area contributed by atoms with E-state index in [-0.39, 0.29) is 0 Å². The van der Waals surface area contributed by atoms with Crippen molar-refractivity contribution in [2.75, 3.05) is 0 Å². The third-order valence-corrected chi connectivity index (χ3v) is 5.18. The molecule has 3 nitrogen and oxygen atoms in total. The minimum atomic E-state index is 0.343. The van der Waals surface area contributed by atoms with Crippen LogP contribution in [0.25, 0.3) is 33.3 Å². The van der Waals surface area contributed by atoms with Gasteiger partial charge < -0.3 is 4.98 Å². The van der Waals surface area contributed by atoms with Gasteiger partial charge in [0.25, 0.3) is 0 Å². The summed E-state index contributed by atoms with van der Waals surface area (Å²) >= 11 is 0. The van der Waals surface area contributed by atoms with Gasteiger partial charge in [0.05, 0.1) is 17.2 Å². The second kappa shape index (κ2) is 8.22. The maximum absolute atomic E-state index is 4.91. The highest BCUT2D eigenvalue weighted by Gasteiger charge is 2.13. The van der Waals surface area contributed by atoms with Crippen LogP contribution in [0.2, 0.25) is 0 Å². The fourth-order valence-electron chi connectivity index (χ4n) is 3.56. The summed E-state index contributed by atoms with van der Waals surface area (Å²) in [7, 11) is 0. The average molecular weight is 367 g/mol. The van der Waals surface area contributed by atoms with Crippen molar-refractivity contribution in [1.29, 1.82) is 0 Å². The van der Waals surface area contributed by atoms with Crippen LogP contribution in [-0.4, -0.2) is 22.2 Å². The molecule has 4 rings (SSSR count). The zero-order valence-corrected chi connectivity index (χ0v) is 16.4. The van der Waals surface area contributed by atoms with E-state index in [0.29, 0.717) is 6.04 Å². The second-order valence-electron chi connectivity index (χ2n) is 6.99. The maximum Gasteiger partial charge on any atom is 0.149 e. The molecule has 0 radical (unpaired) electrons. The van der Waals surface area contributed by atoms with Crippen molar-refractivity contribution in [2.45, 2.75) is 32.7 Å². The Balaban J connectivity index is 1.88. The predicted octanol–water partition coefficient (Wildman–Crippen LogP) is 6.50. The van der Waals surface area contributed by atoms with E-state index in [1.165, 1.54) is 11.1 Å². The minimum Gasteiger partial charge on any atom is -0.337 e. The third-order valence-electron chi connectivity index (χ3n) is 5.18. The normalized spacial score (nSPS) is 11.7. The van der Waals surface area contributed by atoms with Crippen molar-refractivity contribution in [3.05, 3.63) is 78.6 Å². The molecule has 3 aromatic carbocycles. The number of imidazole rings is 1. The third kappa shape index (κ3) is 3.61. The molecule has 0 aliphatic carbocycles. The lowest BCUT2D eigenvalue weighted by molar-refractivity contribution is 0.634. The molecule has 0 saturated heterocycles. The molecule has 0 unspecified atom stereocenters. The molecule has 28 heavy (non-hydrogen) atoms. The molecule has 0 aliphatic heterocycles. The summed E-state index contributed by atoms with van der Waals surface area (Å²) in [6, 6.07) is 25.6. The van der Waals surface area contributed by atoms with Gasteiger partial charge in [0, 0.05) is 17.2 Å². The fourth-order valence-corrected chi connectivity index (χ4v) is 3.56. The van der Waals surface area contributed by atoms with Crippen molar-refractivity contribution in [3.8, 4) is 22.3 Å². The Bertz CT molecular complexity index is 998. The van der Waals surface area contributed by atoms with Crippen molar-refractivity contribution in [3.63, 3.8) is 0 Å². The molecule has 3 heteroatoms. The number of nitrogens with one attached hydrogen (secondary N) is 1. The van der Waals surface area contributed by atoms with E-state index in [9.17, 15) is 0 Å². The van der Waals surface area contributed by atoms with E-state index >= 15 is 0 Å². The Labute approximate surface area is 166 Å². The number of nitrogens with zero attached hydrogens (tertiary/aromatic N) is 2. The van der Waals surface area contributed by atoms with Crippen molar-refractivity contribution in [1.82, 2.24) is 9.97 Å². The summed E-state index contributed by atoms with van der Waals surface area (Å²) < 4.78 is 0. The van der Waals surface area contributed by atoms with E-state index < -0.39 is 0 Å². The lowest BCUT2D eigenvalue weighted by Gasteiger charge is -2.07. The van der Waals surface area contributed by atoms with Crippen molar-refractivity contribution >= 4 is 17.2 Å². The summed E-state index contributed by atoms with van der Waals surface area (Å²) in [5.41, 5.74) is 6.68. The van der Waals surface area contributed by atoms with Gasteiger partial charge in [0.15, 0.2) is 0 Å². The van der Waals surface area contributed by atoms with E-state index in [0.717, 1.165) is 40.8 Å². The topological polar surface area (TPSA) is 41.0 Å². The van der Waals surface area contributed by atoms with Crippen molar-refractivity contribution < 1.29 is 0 Å². The summed E-state index contributed by atoms with van der Waals surface area (Å²) in [4.78, 5) is 13.1. The predicted molar refractivity (Wildman–Crippen MR) is 119 cm³/mol. The molecule has 140 valence electrons. The summed E-state index contributed by atoms with van der Waals surface area (Å²) in [6.07, 6.45) is 3.97. The zero-order chi connectivity index (χ0) is 19.3. The van der Waals surface area contributed by atoms with Crippen LogP contribution in [0, 0.1) is 0 Å². The largest absolute Gasteiger partial charge is 0.337 e. The Hall–Kier alpha value is -3.20. The number of H-pyrrole nitrogens is 1. The first-order chi connectivity index (χ1) is 13.8. The Morgan fingerprint density at radius 3 is 2.00 bits per heavy atom. The molecule has 0 atom stereocenters. The fraction of sp³-hybridized carbons (Fsp3) is 0.200. The summed E-state index contributed by atoms with van der Waals surface area (Å²) in [5, 5.41) is 0. The highest BCUT2D eigenvalue weighted by Crippen LogP contribution is 2.34. The molecule has 0 fully saturated rings. The monoisotopic (exact) mass is 367 g/mol. The van der Waals surface area contributed by atoms with Crippen LogP contribution in [-0.2, 0) is 0 Å². The van der Waals surface area contributed by atoms with E-state index in [2.05, 4.69) is 79.5 Å². The molecule has 0 spiro atoms. The molecular weight excluding hydrogens is 342 g/mol. The number of benzene rings is 3. The van der Waals surface area contributed by atoms with Crippen LogP contribution in [0.3, 0.4) is 0 Å². The van der Waals surface area contributed by atoms with Gasteiger partial charge in [-0.3, -0.25) is 4.99 Å². The van der Waals surface area contributed by atoms with Gasteiger partial charge in [-0.05, 0) is 24.0 Å². The zero-order valence-electron chi connectivity index (χ0n) is 16.4. The standard InChI is InChI=1S/C25H25N3/c1-3-20(4-2)26-17-23-27-24-21(18-11-7-5-8-12-18)15-16-22(25(24)28-23)19-13-9-6-10-14-19/h5-17,20H,3-4H2,1-2H3,(H,27,28)/b26-17+. The molecule has 0 bridgehead atoms. The molecular formula is C25H25N3. The van der Waals surface area contributed by atoms with Gasteiger partial charge in [0.2, 0.25) is 0 Å². The molecule has 0 aliphatic rings. The smallest absolute Gasteiger partial charge is 0.149 e. The van der Waals surface area contributed by atoms with E-state index in [1.807, 2.05) is 18.3 Å². The Morgan fingerprint density at radius 2 is 1.39 bits per heavy atom. The number of aromatic amines is 1. The van der Waals surface area contributed by atoms with Crippen LogP contribution in [0.4, 0.5) is 0 Å². The van der Waals surface area contributed by atoms with E-state index in [1.54, 1.807) is 0 Å². The molecule has 0 amide bonds. The van der Waals surface area contributed by atoms with Gasteiger partial charge in [-0.2, -0.15) is 0 Å². The average Bonchev–Trinajstić information content (AvgIpc) is 3.19. The van der Waals surface area contributed by atoms with Gasteiger partial charge in [-0.1, -0.05) is 86.6 Å². The summed E-state index contributed by atoms with van der Waals surface area (Å²) in [5.74, 6) is 0.808. The Kier molecular flexibility index (Phi) is 5.34. The van der Waals surface area contributed by atoms with Gasteiger partial charge >= 0.3 is 0 Å². The first-order valence-electron chi connectivity index (χ1n) is 9.97. The lowest BCUT2D eigenvalue weighted by Crippen LogP contribution is -2.00. The molecule has 1 aromatic heterocycles. The van der Waals surface area contributed by atoms with Gasteiger partial charge in [0.1, 0.15) is 5.82 Å². The lowest BCUT2D eigenvalue weighted by atomic mass is 9.98. The molecule has 4 aromatic rings. The van der Waals surface area contributed by atoms with Gasteiger partial charge in [-0.15, -0.1) is 0 Å². The minimum absolute atomic E-state index is 0.343. The van der Waals surface area contributed by atoms with Crippen LogP contribution in [0.1, 0.15) is 32.5 Å². The highest BCUT2D eigenvalue weighted by molar-refractivity contribution is 6.02. The molecule has 0 saturated carbocycles. The first-order valence-corrected chi connectivity index (χ1v) is 9.97. The number of aromatic nitrogens is 2. The highest BCUT2D eigenvalue weighted by atomic mass is 14.9. The van der Waals surface area contributed by atoms with Crippen LogP contribution >= 0.6 is 0 Å². The summed E-state index contributed by atoms with van der Waals surface area (Å²) in [6.45, 7) is 4.34. The SMILES string of the molecule is CCC(CC)/N=C/c1nc2c(-c3ccccc3)ccc(-c3ccccc3)c2[nH]1. The first kappa shape index (κ1) is 18.2.